The lowest BCUT2D eigenvalue weighted by atomic mass is 10.1. The third-order valence-corrected chi connectivity index (χ3v) is 5.01. The number of aliphatic hydroxyl groups excluding tert-OH is 1. The van der Waals surface area contributed by atoms with Gasteiger partial charge in [-0.25, -0.2) is 4.98 Å². The van der Waals surface area contributed by atoms with E-state index in [4.69, 9.17) is 4.74 Å². The summed E-state index contributed by atoms with van der Waals surface area (Å²) < 4.78 is 5.93. The Morgan fingerprint density at radius 3 is 2.64 bits per heavy atom. The summed E-state index contributed by atoms with van der Waals surface area (Å²) in [6.07, 6.45) is 6.71. The van der Waals surface area contributed by atoms with Gasteiger partial charge in [0.05, 0.1) is 24.4 Å². The van der Waals surface area contributed by atoms with E-state index in [9.17, 15) is 9.90 Å². The van der Waals surface area contributed by atoms with Crippen LogP contribution in [0.5, 0.6) is 5.75 Å². The van der Waals surface area contributed by atoms with E-state index in [0.29, 0.717) is 24.5 Å². The number of carbonyl (C=O) groups is 1. The summed E-state index contributed by atoms with van der Waals surface area (Å²) in [6, 6.07) is 7.25. The minimum atomic E-state index is -0.0621. The van der Waals surface area contributed by atoms with Crippen molar-refractivity contribution in [3.05, 3.63) is 48.4 Å². The molecule has 7 nitrogen and oxygen atoms in total. The fourth-order valence-electron chi connectivity index (χ4n) is 3.19. The van der Waals surface area contributed by atoms with Crippen molar-refractivity contribution >= 4 is 11.7 Å². The van der Waals surface area contributed by atoms with Crippen molar-refractivity contribution in [2.75, 3.05) is 25.0 Å². The minimum absolute atomic E-state index is 0.0126. The number of rotatable bonds is 7. The van der Waals surface area contributed by atoms with Gasteiger partial charge in [-0.15, -0.1) is 0 Å². The number of anilines is 1. The van der Waals surface area contributed by atoms with Crippen LogP contribution >= 0.6 is 0 Å². The maximum absolute atomic E-state index is 12.7. The van der Waals surface area contributed by atoms with Crippen LogP contribution in [0, 0.1) is 5.92 Å². The maximum atomic E-state index is 12.7. The number of ether oxygens (including phenoxy) is 1. The Balaban J connectivity index is 1.52. The molecule has 0 spiro atoms. The largest absolute Gasteiger partial charge is 0.489 e. The molecule has 0 radical (unpaired) electrons. The van der Waals surface area contributed by atoms with Crippen LogP contribution in [0.25, 0.3) is 0 Å². The van der Waals surface area contributed by atoms with Gasteiger partial charge in [0.2, 0.25) is 0 Å². The number of amides is 1. The highest BCUT2D eigenvalue weighted by Gasteiger charge is 2.25. The first-order valence-corrected chi connectivity index (χ1v) is 9.76. The summed E-state index contributed by atoms with van der Waals surface area (Å²) in [5.74, 6) is 1.69. The van der Waals surface area contributed by atoms with Crippen LogP contribution in [-0.4, -0.2) is 57.7 Å². The zero-order valence-electron chi connectivity index (χ0n) is 16.4. The lowest BCUT2D eigenvalue weighted by Crippen LogP contribution is -2.41. The molecular formula is C21H28N4O3. The Kier molecular flexibility index (Phi) is 6.81. The van der Waals surface area contributed by atoms with Gasteiger partial charge in [0, 0.05) is 38.3 Å². The lowest BCUT2D eigenvalue weighted by Gasteiger charge is -2.32. The maximum Gasteiger partial charge on any atom is 0.255 e. The quantitative estimate of drug-likeness (QED) is 0.763. The molecule has 1 aliphatic rings. The Morgan fingerprint density at radius 1 is 1.29 bits per heavy atom. The summed E-state index contributed by atoms with van der Waals surface area (Å²) in [6.45, 7) is 5.42. The molecule has 2 aromatic heterocycles. The molecule has 1 amide bonds. The average molecular weight is 384 g/mol. The number of nitrogens with one attached hydrogen (secondary N) is 1. The second-order valence-electron chi connectivity index (χ2n) is 7.41. The molecule has 3 rings (SSSR count). The number of aliphatic hydroxyl groups is 1. The highest BCUT2D eigenvalue weighted by atomic mass is 16.5. The van der Waals surface area contributed by atoms with Gasteiger partial charge in [-0.2, -0.15) is 0 Å². The predicted octanol–water partition coefficient (Wildman–Crippen LogP) is 2.59. The van der Waals surface area contributed by atoms with E-state index in [2.05, 4.69) is 15.3 Å². The first-order chi connectivity index (χ1) is 13.6. The number of hydrogen-bond donors (Lipinski definition) is 2. The van der Waals surface area contributed by atoms with Gasteiger partial charge in [-0.05, 0) is 30.2 Å². The van der Waals surface area contributed by atoms with Crippen molar-refractivity contribution in [1.82, 2.24) is 14.9 Å². The van der Waals surface area contributed by atoms with Crippen LogP contribution in [0.3, 0.4) is 0 Å². The molecule has 1 saturated heterocycles. The number of piperidine rings is 1. The summed E-state index contributed by atoms with van der Waals surface area (Å²) in [5.41, 5.74) is 0.572. The minimum Gasteiger partial charge on any atom is -0.489 e. The standard InChI is InChI=1S/C21H28N4O3/c1-15(2)19(14-26)24-20-6-5-16(12-23-20)21(27)25-10-7-17(8-11-25)28-18-4-3-9-22-13-18/h3-6,9,12-13,15,17,19,26H,7-8,10-11,14H2,1-2H3,(H,23,24)/t19-/m1/s1. The van der Waals surface area contributed by atoms with Crippen LogP contribution in [0.15, 0.2) is 42.9 Å². The van der Waals surface area contributed by atoms with Crippen molar-refractivity contribution in [2.24, 2.45) is 5.92 Å². The number of carbonyl (C=O) groups excluding carboxylic acids is 1. The van der Waals surface area contributed by atoms with Crippen LogP contribution in [0.1, 0.15) is 37.0 Å². The highest BCUT2D eigenvalue weighted by molar-refractivity contribution is 5.94. The summed E-state index contributed by atoms with van der Waals surface area (Å²) in [7, 11) is 0. The zero-order valence-corrected chi connectivity index (χ0v) is 16.4. The molecule has 2 aromatic rings. The van der Waals surface area contributed by atoms with Gasteiger partial charge < -0.3 is 20.1 Å². The Hall–Kier alpha value is -2.67. The average Bonchev–Trinajstić information content (AvgIpc) is 2.73. The molecular weight excluding hydrogens is 356 g/mol. The van der Waals surface area contributed by atoms with Crippen molar-refractivity contribution < 1.29 is 14.6 Å². The fraction of sp³-hybridized carbons (Fsp3) is 0.476. The van der Waals surface area contributed by atoms with Crippen molar-refractivity contribution in [3.63, 3.8) is 0 Å². The normalized spacial score (nSPS) is 16.1. The molecule has 0 bridgehead atoms. The van der Waals surface area contributed by atoms with Gasteiger partial charge in [0.1, 0.15) is 17.7 Å². The van der Waals surface area contributed by atoms with E-state index < -0.39 is 0 Å². The number of aromatic nitrogens is 2. The van der Waals surface area contributed by atoms with E-state index >= 15 is 0 Å². The predicted molar refractivity (Wildman–Crippen MR) is 107 cm³/mol. The van der Waals surface area contributed by atoms with Crippen LogP contribution < -0.4 is 10.1 Å². The van der Waals surface area contributed by atoms with Crippen molar-refractivity contribution in [1.29, 1.82) is 0 Å². The second kappa shape index (κ2) is 9.50. The van der Waals surface area contributed by atoms with Gasteiger partial charge in [-0.3, -0.25) is 9.78 Å². The second-order valence-corrected chi connectivity index (χ2v) is 7.41. The van der Waals surface area contributed by atoms with Gasteiger partial charge in [0.25, 0.3) is 5.91 Å². The molecule has 7 heteroatoms. The number of likely N-dealkylation sites (tertiary alicyclic amines) is 1. The summed E-state index contributed by atoms with van der Waals surface area (Å²) in [4.78, 5) is 23.0. The molecule has 1 fully saturated rings. The number of nitrogens with zero attached hydrogens (tertiary/aromatic N) is 3. The zero-order chi connectivity index (χ0) is 19.9. The molecule has 150 valence electrons. The molecule has 1 atom stereocenters. The molecule has 0 unspecified atom stereocenters. The molecule has 3 heterocycles. The van der Waals surface area contributed by atoms with E-state index in [1.807, 2.05) is 30.9 Å². The van der Waals surface area contributed by atoms with Gasteiger partial charge in [-0.1, -0.05) is 13.8 Å². The van der Waals surface area contributed by atoms with Crippen LogP contribution in [0.2, 0.25) is 0 Å². The van der Waals surface area contributed by atoms with Gasteiger partial charge in [0.15, 0.2) is 0 Å². The first-order valence-electron chi connectivity index (χ1n) is 9.76. The lowest BCUT2D eigenvalue weighted by molar-refractivity contribution is 0.0594. The molecule has 0 aliphatic carbocycles. The third-order valence-electron chi connectivity index (χ3n) is 5.01. The van der Waals surface area contributed by atoms with E-state index in [1.54, 1.807) is 30.7 Å². The third kappa shape index (κ3) is 5.19. The van der Waals surface area contributed by atoms with Crippen molar-refractivity contribution in [3.8, 4) is 5.75 Å². The Morgan fingerprint density at radius 2 is 2.07 bits per heavy atom. The molecule has 2 N–H and O–H groups in total. The molecule has 0 aromatic carbocycles. The van der Waals surface area contributed by atoms with E-state index in [0.717, 1.165) is 18.6 Å². The van der Waals surface area contributed by atoms with Crippen molar-refractivity contribution in [2.45, 2.75) is 38.8 Å². The topological polar surface area (TPSA) is 87.6 Å². The molecule has 0 saturated carbocycles. The molecule has 28 heavy (non-hydrogen) atoms. The smallest absolute Gasteiger partial charge is 0.255 e. The Labute approximate surface area is 165 Å². The summed E-state index contributed by atoms with van der Waals surface area (Å²) in [5, 5.41) is 12.6. The van der Waals surface area contributed by atoms with E-state index in [1.165, 1.54) is 0 Å². The van der Waals surface area contributed by atoms with Crippen LogP contribution in [0.4, 0.5) is 5.82 Å². The SMILES string of the molecule is CC(C)[C@@H](CO)Nc1ccc(C(=O)N2CCC(Oc3cccnc3)CC2)cn1. The number of pyridine rings is 2. The fourth-order valence-corrected chi connectivity index (χ4v) is 3.19. The molecule has 1 aliphatic heterocycles. The summed E-state index contributed by atoms with van der Waals surface area (Å²) >= 11 is 0. The highest BCUT2D eigenvalue weighted by Crippen LogP contribution is 2.20. The Bertz CT molecular complexity index is 744. The van der Waals surface area contributed by atoms with E-state index in [-0.39, 0.29) is 30.6 Å². The first kappa shape index (κ1) is 20.1. The van der Waals surface area contributed by atoms with Gasteiger partial charge >= 0.3 is 0 Å². The number of hydrogen-bond acceptors (Lipinski definition) is 6. The monoisotopic (exact) mass is 384 g/mol. The van der Waals surface area contributed by atoms with Crippen LogP contribution in [-0.2, 0) is 0 Å².